The van der Waals surface area contributed by atoms with Gasteiger partial charge in [0.25, 0.3) is 5.91 Å². The molecule has 156 valence electrons. The number of anilines is 1. The van der Waals surface area contributed by atoms with Crippen LogP contribution in [0.3, 0.4) is 0 Å². The third-order valence-electron chi connectivity index (χ3n) is 5.19. The third kappa shape index (κ3) is 3.98. The Morgan fingerprint density at radius 1 is 1.03 bits per heavy atom. The highest BCUT2D eigenvalue weighted by Crippen LogP contribution is 2.28. The molecule has 2 aromatic carbocycles. The number of benzene rings is 2. The molecular weight excluding hydrogens is 387 g/mol. The summed E-state index contributed by atoms with van der Waals surface area (Å²) in [5, 5.41) is 11.3. The predicted octanol–water partition coefficient (Wildman–Crippen LogP) is 4.08. The van der Waals surface area contributed by atoms with E-state index in [0.717, 1.165) is 38.1 Å². The van der Waals surface area contributed by atoms with Crippen LogP contribution in [0.4, 0.5) is 10.1 Å². The normalized spacial score (nSPS) is 13.3. The summed E-state index contributed by atoms with van der Waals surface area (Å²) in [7, 11) is 3.04. The molecule has 8 heteroatoms. The Morgan fingerprint density at radius 2 is 1.80 bits per heavy atom. The summed E-state index contributed by atoms with van der Waals surface area (Å²) in [6, 6.07) is 9.35. The summed E-state index contributed by atoms with van der Waals surface area (Å²) in [5.41, 5.74) is 1.15. The second-order valence-electron chi connectivity index (χ2n) is 7.15. The van der Waals surface area contributed by atoms with E-state index in [-0.39, 0.29) is 5.91 Å². The molecule has 0 unspecified atom stereocenters. The number of nitrogens with one attached hydrogen (secondary N) is 1. The van der Waals surface area contributed by atoms with E-state index in [1.54, 1.807) is 24.3 Å². The van der Waals surface area contributed by atoms with Crippen LogP contribution in [0.2, 0.25) is 0 Å². The molecule has 3 aromatic rings. The molecule has 0 aliphatic carbocycles. The lowest BCUT2D eigenvalue weighted by Gasteiger charge is -2.12. The summed E-state index contributed by atoms with van der Waals surface area (Å²) < 4.78 is 27.0. The molecule has 1 aliphatic rings. The van der Waals surface area contributed by atoms with Gasteiger partial charge in [0, 0.05) is 30.3 Å². The number of carbonyl (C=O) groups excluding carboxylic acids is 1. The first-order chi connectivity index (χ1) is 14.6. The highest BCUT2D eigenvalue weighted by atomic mass is 19.1. The zero-order chi connectivity index (χ0) is 21.1. The van der Waals surface area contributed by atoms with Gasteiger partial charge in [0.1, 0.15) is 23.1 Å². The highest BCUT2D eigenvalue weighted by molar-refractivity contribution is 6.05. The van der Waals surface area contributed by atoms with Crippen LogP contribution < -0.4 is 14.8 Å². The van der Waals surface area contributed by atoms with Gasteiger partial charge in [-0.1, -0.05) is 6.42 Å². The van der Waals surface area contributed by atoms with Crippen LogP contribution in [0, 0.1) is 5.82 Å². The van der Waals surface area contributed by atoms with Crippen LogP contribution in [0.15, 0.2) is 36.4 Å². The van der Waals surface area contributed by atoms with Gasteiger partial charge in [-0.3, -0.25) is 4.79 Å². The minimum Gasteiger partial charge on any atom is -0.497 e. The number of aryl methyl sites for hydroxylation is 1. The smallest absolute Gasteiger partial charge is 0.255 e. The number of carbonyl (C=O) groups is 1. The van der Waals surface area contributed by atoms with Gasteiger partial charge in [-0.05, 0) is 43.2 Å². The lowest BCUT2D eigenvalue weighted by molar-refractivity contribution is 0.102. The Kier molecular flexibility index (Phi) is 5.65. The minimum absolute atomic E-state index is 0.316. The van der Waals surface area contributed by atoms with Crippen molar-refractivity contribution in [1.82, 2.24) is 14.8 Å². The second-order valence-corrected chi connectivity index (χ2v) is 7.15. The van der Waals surface area contributed by atoms with E-state index >= 15 is 0 Å². The summed E-state index contributed by atoms with van der Waals surface area (Å²) in [5.74, 6) is 1.61. The maximum Gasteiger partial charge on any atom is 0.255 e. The molecule has 0 fully saturated rings. The maximum atomic E-state index is 14.6. The Labute approximate surface area is 173 Å². The molecule has 1 N–H and O–H groups in total. The summed E-state index contributed by atoms with van der Waals surface area (Å²) in [6.07, 6.45) is 4.02. The monoisotopic (exact) mass is 410 g/mol. The van der Waals surface area contributed by atoms with Gasteiger partial charge in [0.15, 0.2) is 5.82 Å². The van der Waals surface area contributed by atoms with Gasteiger partial charge in [-0.2, -0.15) is 0 Å². The quantitative estimate of drug-likeness (QED) is 0.686. The topological polar surface area (TPSA) is 78.3 Å². The van der Waals surface area contributed by atoms with E-state index in [9.17, 15) is 9.18 Å². The lowest BCUT2D eigenvalue weighted by atomic mass is 10.1. The molecule has 0 bridgehead atoms. The summed E-state index contributed by atoms with van der Waals surface area (Å²) >= 11 is 0. The van der Waals surface area contributed by atoms with E-state index in [2.05, 4.69) is 15.5 Å². The number of fused-ring (bicyclic) bond motifs is 1. The van der Waals surface area contributed by atoms with Crippen molar-refractivity contribution in [3.05, 3.63) is 53.6 Å². The number of halogens is 1. The van der Waals surface area contributed by atoms with Crippen molar-refractivity contribution in [3.8, 4) is 22.9 Å². The zero-order valence-electron chi connectivity index (χ0n) is 16.9. The number of hydrogen-bond acceptors (Lipinski definition) is 5. The van der Waals surface area contributed by atoms with Crippen LogP contribution >= 0.6 is 0 Å². The maximum absolute atomic E-state index is 14.6. The van der Waals surface area contributed by atoms with Crippen molar-refractivity contribution in [2.75, 3.05) is 19.5 Å². The number of methoxy groups -OCH3 is 2. The Hall–Kier alpha value is -3.42. The molecule has 0 spiro atoms. The molecule has 4 rings (SSSR count). The van der Waals surface area contributed by atoms with Crippen molar-refractivity contribution < 1.29 is 18.7 Å². The number of nitrogens with zero attached hydrogens (tertiary/aromatic N) is 3. The molecule has 0 saturated carbocycles. The minimum atomic E-state index is -0.407. The number of aromatic nitrogens is 3. The first-order valence-electron chi connectivity index (χ1n) is 9.85. The predicted molar refractivity (Wildman–Crippen MR) is 110 cm³/mol. The number of rotatable bonds is 5. The van der Waals surface area contributed by atoms with Crippen molar-refractivity contribution in [2.45, 2.75) is 32.2 Å². The fourth-order valence-electron chi connectivity index (χ4n) is 3.60. The SMILES string of the molecule is COc1cc(OC)cc(C(=O)Nc2ccc(F)c(-c3nnc4n3CCCCC4)c2)c1. The second kappa shape index (κ2) is 8.52. The van der Waals surface area contributed by atoms with Crippen LogP contribution in [0.1, 0.15) is 35.4 Å². The number of amides is 1. The van der Waals surface area contributed by atoms with Crippen LogP contribution in [0.25, 0.3) is 11.4 Å². The van der Waals surface area contributed by atoms with Crippen molar-refractivity contribution in [3.63, 3.8) is 0 Å². The molecular formula is C22H23FN4O3. The van der Waals surface area contributed by atoms with Crippen molar-refractivity contribution in [2.24, 2.45) is 0 Å². The van der Waals surface area contributed by atoms with E-state index in [1.165, 1.54) is 26.4 Å². The van der Waals surface area contributed by atoms with E-state index in [0.29, 0.717) is 34.1 Å². The average molecular weight is 410 g/mol. The molecule has 0 radical (unpaired) electrons. The van der Waals surface area contributed by atoms with Crippen LogP contribution in [-0.4, -0.2) is 34.9 Å². The largest absolute Gasteiger partial charge is 0.497 e. The number of hydrogen-bond donors (Lipinski definition) is 1. The Morgan fingerprint density at radius 3 is 2.53 bits per heavy atom. The fraction of sp³-hybridized carbons (Fsp3) is 0.318. The summed E-state index contributed by atoms with van der Waals surface area (Å²) in [6.45, 7) is 0.761. The molecule has 1 aliphatic heterocycles. The lowest BCUT2D eigenvalue weighted by Crippen LogP contribution is -2.12. The molecule has 0 atom stereocenters. The molecule has 30 heavy (non-hydrogen) atoms. The molecule has 7 nitrogen and oxygen atoms in total. The van der Waals surface area contributed by atoms with Crippen molar-refractivity contribution in [1.29, 1.82) is 0 Å². The highest BCUT2D eigenvalue weighted by Gasteiger charge is 2.19. The number of ether oxygens (including phenoxy) is 2. The molecule has 2 heterocycles. The van der Waals surface area contributed by atoms with Gasteiger partial charge in [0.05, 0.1) is 19.8 Å². The van der Waals surface area contributed by atoms with E-state index in [4.69, 9.17) is 9.47 Å². The first kappa shape index (κ1) is 19.9. The van der Waals surface area contributed by atoms with E-state index in [1.807, 2.05) is 4.57 Å². The zero-order valence-corrected chi connectivity index (χ0v) is 16.9. The van der Waals surface area contributed by atoms with Crippen LogP contribution in [-0.2, 0) is 13.0 Å². The van der Waals surface area contributed by atoms with Gasteiger partial charge in [-0.15, -0.1) is 10.2 Å². The average Bonchev–Trinajstić information content (AvgIpc) is 3.02. The van der Waals surface area contributed by atoms with Crippen LogP contribution in [0.5, 0.6) is 11.5 Å². The van der Waals surface area contributed by atoms with Gasteiger partial charge < -0.3 is 19.4 Å². The van der Waals surface area contributed by atoms with Gasteiger partial charge in [-0.25, -0.2) is 4.39 Å². The third-order valence-corrected chi connectivity index (χ3v) is 5.19. The fourth-order valence-corrected chi connectivity index (χ4v) is 3.60. The van der Waals surface area contributed by atoms with E-state index < -0.39 is 5.82 Å². The Bertz CT molecular complexity index is 1060. The standard InChI is InChI=1S/C22H23FN4O3/c1-29-16-10-14(11-17(13-16)30-2)22(28)24-15-7-8-19(23)18(12-15)21-26-25-20-6-4-3-5-9-27(20)21/h7-8,10-13H,3-6,9H2,1-2H3,(H,24,28). The Balaban J connectivity index is 1.63. The molecule has 1 amide bonds. The molecule has 1 aromatic heterocycles. The van der Waals surface area contributed by atoms with Gasteiger partial charge >= 0.3 is 0 Å². The first-order valence-corrected chi connectivity index (χ1v) is 9.85. The van der Waals surface area contributed by atoms with Crippen molar-refractivity contribution >= 4 is 11.6 Å². The summed E-state index contributed by atoms with van der Waals surface area (Å²) in [4.78, 5) is 12.8. The molecule has 0 saturated heterocycles. The van der Waals surface area contributed by atoms with Gasteiger partial charge in [0.2, 0.25) is 0 Å².